The third-order valence-corrected chi connectivity index (χ3v) is 5.54. The first-order valence-corrected chi connectivity index (χ1v) is 12.1. The van der Waals surface area contributed by atoms with E-state index in [1.165, 1.54) is 13.8 Å². The zero-order valence-electron chi connectivity index (χ0n) is 22.9. The van der Waals surface area contributed by atoms with E-state index in [1.54, 1.807) is 0 Å². The normalized spacial score (nSPS) is 34.2. The molecule has 0 aliphatic carbocycles. The molecule has 1 unspecified atom stereocenters. The van der Waals surface area contributed by atoms with Gasteiger partial charge in [-0.05, 0) is 13.8 Å². The predicted molar refractivity (Wildman–Crippen MR) is 123 cm³/mol. The molecule has 0 amide bonds. The number of hydrogen-bond acceptors (Lipinski definition) is 15. The Hall–Kier alpha value is -3.30. The fourth-order valence-electron chi connectivity index (χ4n) is 4.29. The van der Waals surface area contributed by atoms with Crippen LogP contribution in [0.3, 0.4) is 0 Å². The standard InChI is InChI=1S/C24H34O15/c1-9-18(34-12(4)26)20(36-14(6)28)22(23(31-9)38-16(8)30)39-24-21(37-15(7)29)19(35-13(5)27)17(10(2)32-24)33-11(3)25/h9-10,17-24H,1-8H3/t9-,10-,17-,18-,19+,20+,21+,22-,23?,24-/m0/s1. The first-order valence-electron chi connectivity index (χ1n) is 12.1. The molecule has 0 aromatic rings. The number of ether oxygens (including phenoxy) is 9. The van der Waals surface area contributed by atoms with Crippen LogP contribution < -0.4 is 0 Å². The number of esters is 6. The van der Waals surface area contributed by atoms with E-state index in [1.807, 2.05) is 0 Å². The summed E-state index contributed by atoms with van der Waals surface area (Å²) in [4.78, 5) is 71.4. The molecule has 0 bridgehead atoms. The fourth-order valence-corrected chi connectivity index (χ4v) is 4.29. The van der Waals surface area contributed by atoms with Crippen molar-refractivity contribution < 1.29 is 71.4 Å². The molecule has 0 N–H and O–H groups in total. The fraction of sp³-hybridized carbons (Fsp3) is 0.750. The predicted octanol–water partition coefficient (Wildman–Crippen LogP) is 0.0828. The number of carbonyl (C=O) groups excluding carboxylic acids is 6. The van der Waals surface area contributed by atoms with Gasteiger partial charge in [0.2, 0.25) is 6.29 Å². The van der Waals surface area contributed by atoms with Crippen molar-refractivity contribution in [1.29, 1.82) is 0 Å². The van der Waals surface area contributed by atoms with Crippen molar-refractivity contribution in [3.05, 3.63) is 0 Å². The number of carbonyl (C=O) groups is 6. The van der Waals surface area contributed by atoms with E-state index in [0.717, 1.165) is 41.5 Å². The van der Waals surface area contributed by atoms with Crippen LogP contribution >= 0.6 is 0 Å². The highest BCUT2D eigenvalue weighted by molar-refractivity contribution is 5.69. The quantitative estimate of drug-likeness (QED) is 0.286. The minimum Gasteiger partial charge on any atom is -0.456 e. The zero-order chi connectivity index (χ0) is 29.6. The molecule has 0 aromatic heterocycles. The molecule has 0 radical (unpaired) electrons. The van der Waals surface area contributed by atoms with E-state index in [-0.39, 0.29) is 0 Å². The lowest BCUT2D eigenvalue weighted by molar-refractivity contribution is -0.358. The molecule has 2 aliphatic rings. The lowest BCUT2D eigenvalue weighted by Gasteiger charge is -2.47. The lowest BCUT2D eigenvalue weighted by Crippen LogP contribution is -2.66. The largest absolute Gasteiger partial charge is 0.456 e. The third-order valence-electron chi connectivity index (χ3n) is 5.54. The lowest BCUT2D eigenvalue weighted by atomic mass is 9.97. The van der Waals surface area contributed by atoms with Crippen LogP contribution in [-0.4, -0.2) is 97.2 Å². The summed E-state index contributed by atoms with van der Waals surface area (Å²) < 4.78 is 49.7. The zero-order valence-corrected chi connectivity index (χ0v) is 22.9. The molecule has 2 heterocycles. The smallest absolute Gasteiger partial charge is 0.305 e. The highest BCUT2D eigenvalue weighted by Crippen LogP contribution is 2.35. The van der Waals surface area contributed by atoms with Crippen molar-refractivity contribution in [2.24, 2.45) is 0 Å². The third kappa shape index (κ3) is 8.86. The van der Waals surface area contributed by atoms with Crippen molar-refractivity contribution in [3.8, 4) is 0 Å². The molecule has 2 fully saturated rings. The second-order valence-corrected chi connectivity index (χ2v) is 9.00. The summed E-state index contributed by atoms with van der Waals surface area (Å²) in [5, 5.41) is 0. The van der Waals surface area contributed by atoms with Gasteiger partial charge in [-0.2, -0.15) is 0 Å². The molecule has 39 heavy (non-hydrogen) atoms. The Labute approximate surface area is 224 Å². The summed E-state index contributed by atoms with van der Waals surface area (Å²) in [7, 11) is 0. The van der Waals surface area contributed by atoms with Crippen LogP contribution in [0.25, 0.3) is 0 Å². The van der Waals surface area contributed by atoms with Gasteiger partial charge >= 0.3 is 35.8 Å². The average molecular weight is 563 g/mol. The van der Waals surface area contributed by atoms with Crippen molar-refractivity contribution in [2.75, 3.05) is 0 Å². The summed E-state index contributed by atoms with van der Waals surface area (Å²) in [5.41, 5.74) is 0. The highest BCUT2D eigenvalue weighted by atomic mass is 16.8. The van der Waals surface area contributed by atoms with Crippen molar-refractivity contribution in [2.45, 2.75) is 117 Å². The second kappa shape index (κ2) is 13.7. The Morgan fingerprint density at radius 1 is 0.410 bits per heavy atom. The van der Waals surface area contributed by atoms with Gasteiger partial charge in [-0.15, -0.1) is 0 Å². The van der Waals surface area contributed by atoms with Gasteiger partial charge in [-0.25, -0.2) is 0 Å². The Bertz CT molecular complexity index is 948. The maximum atomic E-state index is 12.0. The van der Waals surface area contributed by atoms with Gasteiger partial charge in [0.1, 0.15) is 0 Å². The van der Waals surface area contributed by atoms with Gasteiger partial charge in [0.15, 0.2) is 42.9 Å². The monoisotopic (exact) mass is 562 g/mol. The average Bonchev–Trinajstić information content (AvgIpc) is 2.76. The van der Waals surface area contributed by atoms with Crippen LogP contribution in [0.1, 0.15) is 55.4 Å². The SMILES string of the molecule is CC(=O)OC1O[C@@H](C)[C@H](OC(C)=O)[C@@H](OC(C)=O)[C@@H]1O[C@@H]1O[C@@H](C)[C@H](OC(C)=O)[C@@H](OC(C)=O)[C@H]1OC(C)=O. The van der Waals surface area contributed by atoms with E-state index in [9.17, 15) is 28.8 Å². The summed E-state index contributed by atoms with van der Waals surface area (Å²) in [6, 6.07) is 0. The van der Waals surface area contributed by atoms with E-state index in [0.29, 0.717) is 0 Å². The first kappa shape index (κ1) is 31.9. The van der Waals surface area contributed by atoms with Crippen LogP contribution in [0.15, 0.2) is 0 Å². The van der Waals surface area contributed by atoms with Gasteiger partial charge in [0.05, 0.1) is 12.2 Å². The molecule has 0 saturated carbocycles. The molecule has 0 spiro atoms. The van der Waals surface area contributed by atoms with Gasteiger partial charge in [-0.1, -0.05) is 0 Å². The van der Waals surface area contributed by atoms with Gasteiger partial charge in [-0.3, -0.25) is 28.8 Å². The van der Waals surface area contributed by atoms with E-state index < -0.39 is 97.2 Å². The highest BCUT2D eigenvalue weighted by Gasteiger charge is 2.56. The maximum absolute atomic E-state index is 12.0. The van der Waals surface area contributed by atoms with Crippen LogP contribution in [0.2, 0.25) is 0 Å². The van der Waals surface area contributed by atoms with E-state index >= 15 is 0 Å². The van der Waals surface area contributed by atoms with Gasteiger partial charge in [0, 0.05) is 41.5 Å². The minimum atomic E-state index is -1.57. The summed E-state index contributed by atoms with van der Waals surface area (Å²) >= 11 is 0. The summed E-state index contributed by atoms with van der Waals surface area (Å²) in [5.74, 6) is -4.64. The van der Waals surface area contributed by atoms with E-state index in [4.69, 9.17) is 42.6 Å². The molecule has 2 rings (SSSR count). The molecular formula is C24H34O15. The Balaban J connectivity index is 2.56. The Morgan fingerprint density at radius 3 is 1.10 bits per heavy atom. The maximum Gasteiger partial charge on any atom is 0.305 e. The van der Waals surface area contributed by atoms with Crippen LogP contribution in [0, 0.1) is 0 Å². The molecule has 220 valence electrons. The van der Waals surface area contributed by atoms with Gasteiger partial charge in [0.25, 0.3) is 0 Å². The van der Waals surface area contributed by atoms with Gasteiger partial charge < -0.3 is 42.6 Å². The second-order valence-electron chi connectivity index (χ2n) is 9.00. The molecule has 2 aliphatic heterocycles. The van der Waals surface area contributed by atoms with Crippen LogP contribution in [-0.2, 0) is 71.4 Å². The summed E-state index contributed by atoms with van der Waals surface area (Å²) in [6.07, 6.45) is -13.2. The molecule has 15 nitrogen and oxygen atoms in total. The van der Waals surface area contributed by atoms with Crippen molar-refractivity contribution in [1.82, 2.24) is 0 Å². The number of rotatable bonds is 8. The minimum absolute atomic E-state index is 0.725. The number of hydrogen-bond donors (Lipinski definition) is 0. The molecule has 0 aromatic carbocycles. The molecule has 10 atom stereocenters. The van der Waals surface area contributed by atoms with Crippen molar-refractivity contribution >= 4 is 35.8 Å². The Kier molecular flexibility index (Phi) is 11.2. The Morgan fingerprint density at radius 2 is 0.718 bits per heavy atom. The summed E-state index contributed by atoms with van der Waals surface area (Å²) in [6.45, 7) is 9.62. The van der Waals surface area contributed by atoms with Crippen LogP contribution in [0.5, 0.6) is 0 Å². The first-order chi connectivity index (χ1) is 18.1. The topological polar surface area (TPSA) is 185 Å². The van der Waals surface area contributed by atoms with E-state index in [2.05, 4.69) is 0 Å². The molecular weight excluding hydrogens is 528 g/mol. The molecule has 15 heteroatoms. The van der Waals surface area contributed by atoms with Crippen LogP contribution in [0.4, 0.5) is 0 Å². The molecule has 2 saturated heterocycles. The van der Waals surface area contributed by atoms with Crippen molar-refractivity contribution in [3.63, 3.8) is 0 Å².